The van der Waals surface area contributed by atoms with Gasteiger partial charge in [0, 0.05) is 12.1 Å². The quantitative estimate of drug-likeness (QED) is 0.529. The fraction of sp³-hybridized carbons (Fsp3) is 0.440. The van der Waals surface area contributed by atoms with E-state index in [1.165, 1.54) is 11.0 Å². The molecule has 1 atom stereocenters. The topological polar surface area (TPSA) is 86.8 Å². The van der Waals surface area contributed by atoms with E-state index in [9.17, 15) is 22.4 Å². The molecule has 192 valence electrons. The first-order chi connectivity index (χ1) is 16.1. The highest BCUT2D eigenvalue weighted by Gasteiger charge is 2.33. The molecule has 0 aromatic heterocycles. The second-order valence-corrected chi connectivity index (χ2v) is 11.8. The van der Waals surface area contributed by atoms with E-state index in [4.69, 9.17) is 11.6 Å². The van der Waals surface area contributed by atoms with Crippen LogP contribution in [0.15, 0.2) is 42.5 Å². The maximum absolute atomic E-state index is 13.7. The van der Waals surface area contributed by atoms with Crippen LogP contribution in [0.3, 0.4) is 0 Å². The van der Waals surface area contributed by atoms with Gasteiger partial charge in [-0.1, -0.05) is 42.8 Å². The number of hydrogen-bond donors (Lipinski definition) is 1. The molecule has 0 aliphatic carbocycles. The van der Waals surface area contributed by atoms with Crippen LogP contribution < -0.4 is 9.62 Å². The van der Waals surface area contributed by atoms with E-state index >= 15 is 0 Å². The van der Waals surface area contributed by atoms with Crippen LogP contribution in [-0.2, 0) is 26.2 Å². The highest BCUT2D eigenvalue weighted by atomic mass is 35.5. The number of benzene rings is 2. The summed E-state index contributed by atoms with van der Waals surface area (Å²) in [6, 6.07) is 10.1. The van der Waals surface area contributed by atoms with Gasteiger partial charge in [0.25, 0.3) is 0 Å². The zero-order valence-electron chi connectivity index (χ0n) is 20.9. The molecule has 0 saturated carbocycles. The van der Waals surface area contributed by atoms with E-state index in [2.05, 4.69) is 5.32 Å². The van der Waals surface area contributed by atoms with Crippen molar-refractivity contribution in [3.63, 3.8) is 0 Å². The summed E-state index contributed by atoms with van der Waals surface area (Å²) in [6.45, 7) is 8.75. The van der Waals surface area contributed by atoms with Gasteiger partial charge in [0.15, 0.2) is 0 Å². The van der Waals surface area contributed by atoms with E-state index in [1.54, 1.807) is 6.92 Å². The molecule has 0 radical (unpaired) electrons. The second kappa shape index (κ2) is 11.4. The largest absolute Gasteiger partial charge is 0.350 e. The van der Waals surface area contributed by atoms with Gasteiger partial charge in [0.1, 0.15) is 18.4 Å². The zero-order chi connectivity index (χ0) is 26.6. The summed E-state index contributed by atoms with van der Waals surface area (Å²) in [5, 5.41) is 2.64. The standard InChI is InChI=1S/C25H33ClFN3O4S/c1-7-22(24(32)28-25(3,4)5)29(15-18-11-9-8-10-17(18)2)23(31)16-30(35(6,33)34)19-12-13-21(27)20(26)14-19/h8-14,22H,7,15-16H2,1-6H3,(H,28,32). The van der Waals surface area contributed by atoms with Crippen molar-refractivity contribution in [2.75, 3.05) is 17.1 Å². The Hall–Kier alpha value is -2.65. The van der Waals surface area contributed by atoms with E-state index < -0.39 is 39.9 Å². The lowest BCUT2D eigenvalue weighted by atomic mass is 10.0. The fourth-order valence-corrected chi connectivity index (χ4v) is 4.61. The molecule has 35 heavy (non-hydrogen) atoms. The summed E-state index contributed by atoms with van der Waals surface area (Å²) >= 11 is 5.86. The van der Waals surface area contributed by atoms with Crippen molar-refractivity contribution in [3.05, 3.63) is 64.4 Å². The van der Waals surface area contributed by atoms with E-state index in [1.807, 2.05) is 52.0 Å². The second-order valence-electron chi connectivity index (χ2n) is 9.48. The molecule has 0 saturated heterocycles. The summed E-state index contributed by atoms with van der Waals surface area (Å²) in [5.41, 5.74) is 1.29. The Kier molecular flexibility index (Phi) is 9.30. The number of sulfonamides is 1. The summed E-state index contributed by atoms with van der Waals surface area (Å²) in [7, 11) is -3.93. The van der Waals surface area contributed by atoms with Crippen LogP contribution in [0.4, 0.5) is 10.1 Å². The fourth-order valence-electron chi connectivity index (χ4n) is 3.60. The first-order valence-electron chi connectivity index (χ1n) is 11.2. The minimum absolute atomic E-state index is 0.0512. The lowest BCUT2D eigenvalue weighted by molar-refractivity contribution is -0.141. The number of carbonyl (C=O) groups is 2. The Labute approximate surface area is 212 Å². The van der Waals surface area contributed by atoms with Crippen molar-refractivity contribution in [1.29, 1.82) is 0 Å². The molecule has 2 aromatic carbocycles. The predicted octanol–water partition coefficient (Wildman–Crippen LogP) is 4.28. The van der Waals surface area contributed by atoms with Crippen molar-refractivity contribution >= 4 is 39.1 Å². The van der Waals surface area contributed by atoms with Crippen molar-refractivity contribution in [3.8, 4) is 0 Å². The summed E-state index contributed by atoms with van der Waals surface area (Å²) in [5.74, 6) is -1.62. The molecular weight excluding hydrogens is 493 g/mol. The monoisotopic (exact) mass is 525 g/mol. The highest BCUT2D eigenvalue weighted by Crippen LogP contribution is 2.25. The third kappa shape index (κ3) is 7.93. The van der Waals surface area contributed by atoms with Gasteiger partial charge < -0.3 is 10.2 Å². The van der Waals surface area contributed by atoms with Gasteiger partial charge >= 0.3 is 0 Å². The third-order valence-electron chi connectivity index (χ3n) is 5.36. The number of carbonyl (C=O) groups excluding carboxylic acids is 2. The van der Waals surface area contributed by atoms with Crippen LogP contribution in [0.2, 0.25) is 5.02 Å². The van der Waals surface area contributed by atoms with Gasteiger partial charge in [-0.25, -0.2) is 12.8 Å². The Bertz CT molecular complexity index is 1180. The molecule has 2 aromatic rings. The van der Waals surface area contributed by atoms with Crippen LogP contribution in [0.5, 0.6) is 0 Å². The Morgan fingerprint density at radius 3 is 2.29 bits per heavy atom. The predicted molar refractivity (Wildman–Crippen MR) is 137 cm³/mol. The van der Waals surface area contributed by atoms with Crippen molar-refractivity contribution in [2.24, 2.45) is 0 Å². The maximum Gasteiger partial charge on any atom is 0.244 e. The van der Waals surface area contributed by atoms with Gasteiger partial charge in [0.05, 0.1) is 17.0 Å². The number of anilines is 1. The molecule has 2 amide bonds. The summed E-state index contributed by atoms with van der Waals surface area (Å²) in [6.07, 6.45) is 1.27. The number of rotatable bonds is 9. The Morgan fingerprint density at radius 2 is 1.77 bits per heavy atom. The number of halogens is 2. The first kappa shape index (κ1) is 28.6. The maximum atomic E-state index is 13.7. The van der Waals surface area contributed by atoms with Crippen LogP contribution in [0, 0.1) is 12.7 Å². The lowest BCUT2D eigenvalue weighted by Crippen LogP contribution is -2.55. The zero-order valence-corrected chi connectivity index (χ0v) is 22.5. The molecule has 1 unspecified atom stereocenters. The SMILES string of the molecule is CCC(C(=O)NC(C)(C)C)N(Cc1ccccc1C)C(=O)CN(c1ccc(F)c(Cl)c1)S(C)(=O)=O. The number of aryl methyl sites for hydroxylation is 1. The van der Waals surface area contributed by atoms with Crippen LogP contribution in [0.1, 0.15) is 45.2 Å². The average molecular weight is 526 g/mol. The van der Waals surface area contributed by atoms with Crippen molar-refractivity contribution in [1.82, 2.24) is 10.2 Å². The normalized spacial score (nSPS) is 12.7. The number of nitrogens with one attached hydrogen (secondary N) is 1. The summed E-state index contributed by atoms with van der Waals surface area (Å²) < 4.78 is 39.7. The Morgan fingerprint density at radius 1 is 1.14 bits per heavy atom. The van der Waals surface area contributed by atoms with E-state index in [0.717, 1.165) is 33.8 Å². The molecule has 0 spiro atoms. The molecular formula is C25H33ClFN3O4S. The minimum atomic E-state index is -3.93. The molecule has 1 N–H and O–H groups in total. The highest BCUT2D eigenvalue weighted by molar-refractivity contribution is 7.92. The molecule has 10 heteroatoms. The van der Waals surface area contributed by atoms with Gasteiger partial charge in [-0.15, -0.1) is 0 Å². The molecule has 0 bridgehead atoms. The first-order valence-corrected chi connectivity index (χ1v) is 13.5. The molecule has 0 fully saturated rings. The van der Waals surface area contributed by atoms with E-state index in [-0.39, 0.29) is 23.2 Å². The van der Waals surface area contributed by atoms with Crippen molar-refractivity contribution < 1.29 is 22.4 Å². The van der Waals surface area contributed by atoms with Gasteiger partial charge in [-0.3, -0.25) is 13.9 Å². The molecule has 0 heterocycles. The molecule has 2 rings (SSSR count). The van der Waals surface area contributed by atoms with Gasteiger partial charge in [-0.05, 0) is 63.4 Å². The summed E-state index contributed by atoms with van der Waals surface area (Å²) in [4.78, 5) is 28.2. The van der Waals surface area contributed by atoms with Crippen LogP contribution in [-0.4, -0.2) is 49.5 Å². The number of amides is 2. The van der Waals surface area contributed by atoms with Crippen molar-refractivity contribution in [2.45, 2.75) is 59.2 Å². The molecule has 7 nitrogen and oxygen atoms in total. The molecule has 0 aliphatic heterocycles. The Balaban J connectivity index is 2.49. The van der Waals surface area contributed by atoms with Gasteiger partial charge in [-0.2, -0.15) is 0 Å². The minimum Gasteiger partial charge on any atom is -0.350 e. The average Bonchev–Trinajstić information content (AvgIpc) is 2.73. The molecule has 0 aliphatic rings. The van der Waals surface area contributed by atoms with Crippen LogP contribution >= 0.6 is 11.6 Å². The smallest absolute Gasteiger partial charge is 0.244 e. The van der Waals surface area contributed by atoms with Gasteiger partial charge in [0.2, 0.25) is 21.8 Å². The third-order valence-corrected chi connectivity index (χ3v) is 6.79. The number of hydrogen-bond acceptors (Lipinski definition) is 4. The number of nitrogens with zero attached hydrogens (tertiary/aromatic N) is 2. The van der Waals surface area contributed by atoms with E-state index in [0.29, 0.717) is 6.42 Å². The van der Waals surface area contributed by atoms with Crippen LogP contribution in [0.25, 0.3) is 0 Å². The lowest BCUT2D eigenvalue weighted by Gasteiger charge is -2.34.